The first kappa shape index (κ1) is 15.8. The maximum Gasteiger partial charge on any atom is 0.260 e. The van der Waals surface area contributed by atoms with E-state index in [1.165, 1.54) is 0 Å². The summed E-state index contributed by atoms with van der Waals surface area (Å²) in [6.07, 6.45) is 0.853. The number of rotatable bonds is 7. The smallest absolute Gasteiger partial charge is 0.260 e. The molecule has 4 nitrogen and oxygen atoms in total. The second kappa shape index (κ2) is 8.02. The number of aliphatic hydroxyl groups is 1. The van der Waals surface area contributed by atoms with Crippen molar-refractivity contribution in [2.45, 2.75) is 20.3 Å². The zero-order valence-corrected chi connectivity index (χ0v) is 12.1. The van der Waals surface area contributed by atoms with Crippen LogP contribution in [0.1, 0.15) is 18.9 Å². The molecule has 0 aromatic heterocycles. The molecule has 0 saturated carbocycles. The van der Waals surface area contributed by atoms with Gasteiger partial charge in [-0.15, -0.1) is 0 Å². The zero-order valence-electron chi connectivity index (χ0n) is 11.4. The maximum absolute atomic E-state index is 11.9. The van der Waals surface area contributed by atoms with Crippen molar-refractivity contribution < 1.29 is 14.6 Å². The van der Waals surface area contributed by atoms with E-state index in [1.807, 2.05) is 13.8 Å². The average Bonchev–Trinajstić information content (AvgIpc) is 2.37. The molecule has 0 saturated heterocycles. The fraction of sp³-hybridized carbons (Fsp3) is 0.500. The van der Waals surface area contributed by atoms with Crippen molar-refractivity contribution >= 4 is 17.5 Å². The van der Waals surface area contributed by atoms with Gasteiger partial charge in [-0.05, 0) is 37.1 Å². The summed E-state index contributed by atoms with van der Waals surface area (Å²) in [5, 5.41) is 9.57. The van der Waals surface area contributed by atoms with Crippen LogP contribution >= 0.6 is 11.6 Å². The van der Waals surface area contributed by atoms with E-state index in [9.17, 15) is 4.79 Å². The molecule has 0 radical (unpaired) electrons. The third-order valence-electron chi connectivity index (χ3n) is 2.70. The predicted octanol–water partition coefficient (Wildman–Crippen LogP) is 2.26. The quantitative estimate of drug-likeness (QED) is 0.836. The fourth-order valence-electron chi connectivity index (χ4n) is 1.76. The molecule has 0 fully saturated rings. The lowest BCUT2D eigenvalue weighted by Gasteiger charge is -2.21. The van der Waals surface area contributed by atoms with Crippen molar-refractivity contribution in [2.75, 3.05) is 26.3 Å². The number of amides is 1. The molecule has 1 N–H and O–H groups in total. The van der Waals surface area contributed by atoms with Crippen LogP contribution in [0, 0.1) is 6.92 Å². The Labute approximate surface area is 118 Å². The molecule has 0 unspecified atom stereocenters. The standard InChI is InChI=1S/C14H20ClNO3/c1-3-6-16(7-8-17)14(18)10-19-13-5-4-12(15)9-11(13)2/h4-5,9,17H,3,6-8,10H2,1-2H3. The average molecular weight is 286 g/mol. The molecule has 0 heterocycles. The summed E-state index contributed by atoms with van der Waals surface area (Å²) in [6.45, 7) is 4.78. The lowest BCUT2D eigenvalue weighted by atomic mass is 10.2. The van der Waals surface area contributed by atoms with E-state index in [2.05, 4.69) is 0 Å². The molecule has 1 aromatic rings. The minimum Gasteiger partial charge on any atom is -0.483 e. The van der Waals surface area contributed by atoms with Gasteiger partial charge in [-0.1, -0.05) is 18.5 Å². The number of carbonyl (C=O) groups excluding carboxylic acids is 1. The molecule has 19 heavy (non-hydrogen) atoms. The molecule has 1 rings (SSSR count). The molecule has 1 aromatic carbocycles. The number of aliphatic hydroxyl groups excluding tert-OH is 1. The summed E-state index contributed by atoms with van der Waals surface area (Å²) in [7, 11) is 0. The van der Waals surface area contributed by atoms with Gasteiger partial charge in [-0.2, -0.15) is 0 Å². The van der Waals surface area contributed by atoms with Crippen molar-refractivity contribution in [3.63, 3.8) is 0 Å². The van der Waals surface area contributed by atoms with Crippen LogP contribution in [-0.2, 0) is 4.79 Å². The van der Waals surface area contributed by atoms with Crippen molar-refractivity contribution in [3.05, 3.63) is 28.8 Å². The van der Waals surface area contributed by atoms with Crippen LogP contribution in [0.5, 0.6) is 5.75 Å². The fourth-order valence-corrected chi connectivity index (χ4v) is 1.98. The van der Waals surface area contributed by atoms with Gasteiger partial charge in [0.15, 0.2) is 6.61 Å². The van der Waals surface area contributed by atoms with E-state index in [1.54, 1.807) is 23.1 Å². The molecule has 0 aliphatic rings. The van der Waals surface area contributed by atoms with E-state index in [0.717, 1.165) is 12.0 Å². The van der Waals surface area contributed by atoms with Gasteiger partial charge in [0.25, 0.3) is 5.91 Å². The second-order valence-corrected chi connectivity index (χ2v) is 4.74. The highest BCUT2D eigenvalue weighted by molar-refractivity contribution is 6.30. The molecule has 0 atom stereocenters. The number of benzene rings is 1. The van der Waals surface area contributed by atoms with Gasteiger partial charge in [-0.25, -0.2) is 0 Å². The molecule has 1 amide bonds. The van der Waals surface area contributed by atoms with E-state index >= 15 is 0 Å². The summed E-state index contributed by atoms with van der Waals surface area (Å²) in [6, 6.07) is 5.27. The van der Waals surface area contributed by atoms with E-state index in [0.29, 0.717) is 23.9 Å². The Hall–Kier alpha value is -1.26. The van der Waals surface area contributed by atoms with Crippen LogP contribution in [0.2, 0.25) is 5.02 Å². The highest BCUT2D eigenvalue weighted by Crippen LogP contribution is 2.21. The van der Waals surface area contributed by atoms with Gasteiger partial charge in [0.05, 0.1) is 6.61 Å². The number of ether oxygens (including phenoxy) is 1. The largest absolute Gasteiger partial charge is 0.483 e. The predicted molar refractivity (Wildman–Crippen MR) is 75.6 cm³/mol. The number of nitrogens with zero attached hydrogens (tertiary/aromatic N) is 1. The molecule has 0 aliphatic carbocycles. The molecular weight excluding hydrogens is 266 g/mol. The normalized spacial score (nSPS) is 10.3. The Morgan fingerprint density at radius 2 is 2.16 bits per heavy atom. The van der Waals surface area contributed by atoms with Crippen LogP contribution < -0.4 is 4.74 Å². The molecular formula is C14H20ClNO3. The summed E-state index contributed by atoms with van der Waals surface area (Å²) < 4.78 is 5.50. The molecule has 0 spiro atoms. The molecule has 0 bridgehead atoms. The van der Waals surface area contributed by atoms with Gasteiger partial charge < -0.3 is 14.7 Å². The van der Waals surface area contributed by atoms with Gasteiger partial charge >= 0.3 is 0 Å². The summed E-state index contributed by atoms with van der Waals surface area (Å²) in [4.78, 5) is 13.5. The van der Waals surface area contributed by atoms with E-state index < -0.39 is 0 Å². The number of aryl methyl sites for hydroxylation is 1. The van der Waals surface area contributed by atoms with Crippen LogP contribution in [-0.4, -0.2) is 42.2 Å². The molecule has 0 aliphatic heterocycles. The van der Waals surface area contributed by atoms with Crippen LogP contribution in [0.15, 0.2) is 18.2 Å². The Morgan fingerprint density at radius 1 is 1.42 bits per heavy atom. The first-order chi connectivity index (χ1) is 9.08. The third-order valence-corrected chi connectivity index (χ3v) is 2.94. The zero-order chi connectivity index (χ0) is 14.3. The first-order valence-corrected chi connectivity index (χ1v) is 6.73. The highest BCUT2D eigenvalue weighted by Gasteiger charge is 2.13. The minimum absolute atomic E-state index is 0.0253. The Balaban J connectivity index is 2.56. The van der Waals surface area contributed by atoms with Crippen molar-refractivity contribution in [3.8, 4) is 5.75 Å². The van der Waals surface area contributed by atoms with Crippen molar-refractivity contribution in [1.82, 2.24) is 4.90 Å². The topological polar surface area (TPSA) is 49.8 Å². The van der Waals surface area contributed by atoms with Gasteiger partial charge in [0.2, 0.25) is 0 Å². The van der Waals surface area contributed by atoms with Gasteiger partial charge in [0.1, 0.15) is 5.75 Å². The minimum atomic E-state index is -0.120. The number of hydrogen-bond acceptors (Lipinski definition) is 3. The maximum atomic E-state index is 11.9. The third kappa shape index (κ3) is 5.09. The van der Waals surface area contributed by atoms with Crippen LogP contribution in [0.25, 0.3) is 0 Å². The Morgan fingerprint density at radius 3 is 2.74 bits per heavy atom. The Kier molecular flexibility index (Phi) is 6.67. The SMILES string of the molecule is CCCN(CCO)C(=O)COc1ccc(Cl)cc1C. The van der Waals surface area contributed by atoms with Crippen molar-refractivity contribution in [2.24, 2.45) is 0 Å². The summed E-state index contributed by atoms with van der Waals surface area (Å²) >= 11 is 5.85. The van der Waals surface area contributed by atoms with Crippen LogP contribution in [0.4, 0.5) is 0 Å². The van der Waals surface area contributed by atoms with Crippen molar-refractivity contribution in [1.29, 1.82) is 0 Å². The number of halogens is 1. The summed E-state index contributed by atoms with van der Waals surface area (Å²) in [5.74, 6) is 0.531. The van der Waals surface area contributed by atoms with Gasteiger partial charge in [0, 0.05) is 18.1 Å². The van der Waals surface area contributed by atoms with E-state index in [-0.39, 0.29) is 19.1 Å². The molecule has 106 valence electrons. The highest BCUT2D eigenvalue weighted by atomic mass is 35.5. The summed E-state index contributed by atoms with van der Waals surface area (Å²) in [5.41, 5.74) is 0.893. The number of carbonyl (C=O) groups is 1. The lowest BCUT2D eigenvalue weighted by Crippen LogP contribution is -2.37. The van der Waals surface area contributed by atoms with Crippen LogP contribution in [0.3, 0.4) is 0 Å². The molecule has 5 heteroatoms. The Bertz CT molecular complexity index is 417. The van der Waals surface area contributed by atoms with Gasteiger partial charge in [-0.3, -0.25) is 4.79 Å². The first-order valence-electron chi connectivity index (χ1n) is 6.36. The number of hydrogen-bond donors (Lipinski definition) is 1. The van der Waals surface area contributed by atoms with E-state index in [4.69, 9.17) is 21.4 Å². The monoisotopic (exact) mass is 285 g/mol. The lowest BCUT2D eigenvalue weighted by molar-refractivity contribution is -0.133. The second-order valence-electron chi connectivity index (χ2n) is 4.30.